The highest BCUT2D eigenvalue weighted by atomic mass is 35.5. The summed E-state index contributed by atoms with van der Waals surface area (Å²) in [5.74, 6) is 0.0823. The molecule has 20 heavy (non-hydrogen) atoms. The summed E-state index contributed by atoms with van der Waals surface area (Å²) in [4.78, 5) is 16.8. The van der Waals surface area contributed by atoms with Crippen molar-refractivity contribution >= 4 is 23.2 Å². The van der Waals surface area contributed by atoms with Crippen LogP contribution in [0.4, 0.5) is 5.69 Å². The van der Waals surface area contributed by atoms with Crippen molar-refractivity contribution < 1.29 is 4.79 Å². The molecule has 5 heteroatoms. The van der Waals surface area contributed by atoms with Crippen LogP contribution in [0.3, 0.4) is 0 Å². The van der Waals surface area contributed by atoms with Gasteiger partial charge in [0, 0.05) is 6.20 Å². The van der Waals surface area contributed by atoms with E-state index in [1.807, 2.05) is 13.0 Å². The summed E-state index contributed by atoms with van der Waals surface area (Å²) >= 11 is 6.10. The third kappa shape index (κ3) is 3.13. The number of hydrogen-bond donors (Lipinski definition) is 2. The number of aryl methyl sites for hydroxylation is 1. The highest BCUT2D eigenvalue weighted by Crippen LogP contribution is 2.36. The lowest BCUT2D eigenvalue weighted by Crippen LogP contribution is -2.45. The number of nitrogens with zero attached hydrogens (tertiary/aromatic N) is 1. The van der Waals surface area contributed by atoms with Gasteiger partial charge in [-0.3, -0.25) is 4.79 Å². The van der Waals surface area contributed by atoms with E-state index < -0.39 is 0 Å². The normalized spacial score (nSPS) is 17.8. The van der Waals surface area contributed by atoms with E-state index in [0.29, 0.717) is 10.8 Å². The van der Waals surface area contributed by atoms with Crippen LogP contribution in [0.2, 0.25) is 5.15 Å². The van der Waals surface area contributed by atoms with Crippen LogP contribution in [0, 0.1) is 12.3 Å². The van der Waals surface area contributed by atoms with Gasteiger partial charge in [0.1, 0.15) is 0 Å². The third-order valence-corrected chi connectivity index (χ3v) is 4.41. The lowest BCUT2D eigenvalue weighted by Gasteiger charge is -2.36. The largest absolute Gasteiger partial charge is 0.323 e. The molecule has 1 saturated heterocycles. The van der Waals surface area contributed by atoms with Crippen molar-refractivity contribution in [1.82, 2.24) is 10.3 Å². The fourth-order valence-electron chi connectivity index (χ4n) is 2.90. The molecule has 0 aromatic carbocycles. The Hall–Kier alpha value is -1.13. The molecule has 110 valence electrons. The molecule has 0 atom stereocenters. The molecule has 0 spiro atoms. The first-order chi connectivity index (χ1) is 9.59. The van der Waals surface area contributed by atoms with Gasteiger partial charge in [-0.05, 0) is 50.9 Å². The van der Waals surface area contributed by atoms with Gasteiger partial charge in [-0.15, -0.1) is 0 Å². The number of hydrogen-bond acceptors (Lipinski definition) is 3. The third-order valence-electron chi connectivity index (χ3n) is 4.12. The lowest BCUT2D eigenvalue weighted by atomic mass is 9.74. The topological polar surface area (TPSA) is 54.0 Å². The summed E-state index contributed by atoms with van der Waals surface area (Å²) in [5.41, 5.74) is 1.32. The van der Waals surface area contributed by atoms with E-state index in [9.17, 15) is 4.79 Å². The van der Waals surface area contributed by atoms with E-state index >= 15 is 0 Å². The second-order valence-corrected chi connectivity index (χ2v) is 5.89. The van der Waals surface area contributed by atoms with Gasteiger partial charge in [0.05, 0.1) is 11.1 Å². The molecule has 1 aliphatic rings. The summed E-state index contributed by atoms with van der Waals surface area (Å²) < 4.78 is 0. The zero-order valence-corrected chi connectivity index (χ0v) is 12.9. The predicted molar refractivity (Wildman–Crippen MR) is 82.1 cm³/mol. The number of aromatic nitrogens is 1. The maximum Gasteiger partial charge on any atom is 0.230 e. The Morgan fingerprint density at radius 1 is 1.50 bits per heavy atom. The number of pyridine rings is 1. The molecule has 2 N–H and O–H groups in total. The van der Waals surface area contributed by atoms with Crippen molar-refractivity contribution in [3.63, 3.8) is 0 Å². The molecule has 0 unspecified atom stereocenters. The highest BCUT2D eigenvalue weighted by Gasteiger charge is 2.38. The van der Waals surface area contributed by atoms with E-state index in [4.69, 9.17) is 11.6 Å². The van der Waals surface area contributed by atoms with Gasteiger partial charge in [0.25, 0.3) is 0 Å². The lowest BCUT2D eigenvalue weighted by molar-refractivity contribution is -0.127. The average Bonchev–Trinajstić information content (AvgIpc) is 2.44. The van der Waals surface area contributed by atoms with Crippen molar-refractivity contribution in [3.05, 3.63) is 23.0 Å². The molecule has 1 amide bonds. The number of nitrogens with one attached hydrogen (secondary N) is 2. The second kappa shape index (κ2) is 6.55. The van der Waals surface area contributed by atoms with E-state index in [2.05, 4.69) is 22.5 Å². The Labute approximate surface area is 125 Å². The molecule has 0 radical (unpaired) electrons. The number of halogens is 1. The molecule has 1 aromatic rings. The van der Waals surface area contributed by atoms with Crippen molar-refractivity contribution in [2.75, 3.05) is 18.4 Å². The fraction of sp³-hybridized carbons (Fsp3) is 0.600. The summed E-state index contributed by atoms with van der Waals surface area (Å²) in [6.45, 7) is 5.85. The van der Waals surface area contributed by atoms with Crippen LogP contribution < -0.4 is 10.6 Å². The minimum Gasteiger partial charge on any atom is -0.323 e. The van der Waals surface area contributed by atoms with Crippen LogP contribution in [-0.4, -0.2) is 24.0 Å². The van der Waals surface area contributed by atoms with Gasteiger partial charge in [0.15, 0.2) is 5.15 Å². The average molecular weight is 296 g/mol. The zero-order chi connectivity index (χ0) is 14.6. The molecular weight excluding hydrogens is 274 g/mol. The van der Waals surface area contributed by atoms with Gasteiger partial charge in [-0.1, -0.05) is 24.9 Å². The minimum absolute atomic E-state index is 0.0823. The molecule has 1 aliphatic heterocycles. The monoisotopic (exact) mass is 295 g/mol. The van der Waals surface area contributed by atoms with Crippen LogP contribution in [0.5, 0.6) is 0 Å². The Balaban J connectivity index is 2.20. The van der Waals surface area contributed by atoms with E-state index in [-0.39, 0.29) is 11.3 Å². The van der Waals surface area contributed by atoms with Crippen LogP contribution >= 0.6 is 11.6 Å². The Kier molecular flexibility index (Phi) is 5.00. The first-order valence-corrected chi connectivity index (χ1v) is 7.60. The quantitative estimate of drug-likeness (QED) is 0.839. The van der Waals surface area contributed by atoms with E-state index in [1.165, 1.54) is 0 Å². The number of carbonyl (C=O) groups is 1. The van der Waals surface area contributed by atoms with E-state index in [0.717, 1.165) is 44.3 Å². The molecule has 0 saturated carbocycles. The van der Waals surface area contributed by atoms with Crippen molar-refractivity contribution in [3.8, 4) is 0 Å². The molecule has 0 bridgehead atoms. The van der Waals surface area contributed by atoms with Crippen molar-refractivity contribution in [1.29, 1.82) is 0 Å². The van der Waals surface area contributed by atoms with Gasteiger partial charge >= 0.3 is 0 Å². The Bertz CT molecular complexity index is 458. The van der Waals surface area contributed by atoms with Crippen LogP contribution in [0.15, 0.2) is 12.3 Å². The van der Waals surface area contributed by atoms with Crippen LogP contribution in [0.25, 0.3) is 0 Å². The second-order valence-electron chi connectivity index (χ2n) is 5.53. The van der Waals surface area contributed by atoms with Gasteiger partial charge in [0.2, 0.25) is 5.91 Å². The summed E-state index contributed by atoms with van der Waals surface area (Å²) in [6.07, 6.45) is 5.33. The molecule has 2 rings (SSSR count). The number of anilines is 1. The maximum absolute atomic E-state index is 12.8. The van der Waals surface area contributed by atoms with Crippen molar-refractivity contribution in [2.45, 2.75) is 39.5 Å². The Morgan fingerprint density at radius 2 is 2.20 bits per heavy atom. The summed E-state index contributed by atoms with van der Waals surface area (Å²) in [7, 11) is 0. The first kappa shape index (κ1) is 15.3. The SMILES string of the molecule is CCCC1(C(=O)Nc2c(C)ccnc2Cl)CCNCC1. The number of rotatable bonds is 4. The van der Waals surface area contributed by atoms with Gasteiger partial charge in [-0.2, -0.15) is 0 Å². The van der Waals surface area contributed by atoms with Crippen LogP contribution in [-0.2, 0) is 4.79 Å². The van der Waals surface area contributed by atoms with Gasteiger partial charge < -0.3 is 10.6 Å². The summed E-state index contributed by atoms with van der Waals surface area (Å²) in [6, 6.07) is 1.86. The zero-order valence-electron chi connectivity index (χ0n) is 12.1. The fourth-order valence-corrected chi connectivity index (χ4v) is 3.15. The molecule has 1 aromatic heterocycles. The number of piperidine rings is 1. The van der Waals surface area contributed by atoms with Crippen molar-refractivity contribution in [2.24, 2.45) is 5.41 Å². The smallest absolute Gasteiger partial charge is 0.230 e. The molecular formula is C15H22ClN3O. The number of amides is 1. The number of carbonyl (C=O) groups excluding carboxylic acids is 1. The van der Waals surface area contributed by atoms with Gasteiger partial charge in [-0.25, -0.2) is 4.98 Å². The molecule has 0 aliphatic carbocycles. The van der Waals surface area contributed by atoms with E-state index in [1.54, 1.807) is 6.20 Å². The maximum atomic E-state index is 12.8. The standard InChI is InChI=1S/C15H22ClN3O/c1-3-5-15(6-9-17-10-7-15)14(20)19-12-11(2)4-8-18-13(12)16/h4,8,17H,3,5-7,9-10H2,1-2H3,(H,19,20). The predicted octanol–water partition coefficient (Wildman–Crippen LogP) is 3.15. The Morgan fingerprint density at radius 3 is 2.80 bits per heavy atom. The van der Waals surface area contributed by atoms with Crippen LogP contribution in [0.1, 0.15) is 38.2 Å². The minimum atomic E-state index is -0.272. The highest BCUT2D eigenvalue weighted by molar-refractivity contribution is 6.32. The summed E-state index contributed by atoms with van der Waals surface area (Å²) in [5, 5.41) is 6.69. The first-order valence-electron chi connectivity index (χ1n) is 7.22. The molecule has 1 fully saturated rings. The molecule has 2 heterocycles. The molecule has 4 nitrogen and oxygen atoms in total.